The van der Waals surface area contributed by atoms with Gasteiger partial charge in [-0.05, 0) is 52.3 Å². The maximum Gasteiger partial charge on any atom is 0.331 e. The largest absolute Gasteiger partial charge is 0.457 e. The molecule has 1 heterocycles. The van der Waals surface area contributed by atoms with E-state index in [0.29, 0.717) is 11.1 Å². The number of ether oxygens (including phenoxy) is 1. The van der Waals surface area contributed by atoms with Gasteiger partial charge < -0.3 is 15.6 Å². The summed E-state index contributed by atoms with van der Waals surface area (Å²) in [5, 5.41) is 9.99. The molecule has 0 bridgehead atoms. The number of nitrogen functional groups attached to an aromatic ring is 1. The van der Waals surface area contributed by atoms with Crippen molar-refractivity contribution in [2.75, 3.05) is 5.73 Å². The molecule has 0 saturated heterocycles. The normalized spacial score (nSPS) is 12.7. The van der Waals surface area contributed by atoms with E-state index < -0.39 is 17.2 Å². The van der Waals surface area contributed by atoms with Crippen LogP contribution in [0.1, 0.15) is 45.7 Å². The zero-order valence-corrected chi connectivity index (χ0v) is 12.6. The van der Waals surface area contributed by atoms with Crippen LogP contribution < -0.4 is 5.73 Å². The smallest absolute Gasteiger partial charge is 0.331 e. The van der Waals surface area contributed by atoms with Crippen LogP contribution in [0.25, 0.3) is 6.08 Å². The molecule has 5 heteroatoms. The number of hydrogen-bond donors (Lipinski definition) is 2. The molecule has 0 aliphatic rings. The summed E-state index contributed by atoms with van der Waals surface area (Å²) in [4.78, 5) is 15.6. The quantitative estimate of drug-likeness (QED) is 0.654. The van der Waals surface area contributed by atoms with Gasteiger partial charge in [0.1, 0.15) is 11.4 Å². The molecule has 0 aromatic carbocycles. The summed E-state index contributed by atoms with van der Waals surface area (Å²) in [6.07, 6.45) is 4.44. The molecule has 20 heavy (non-hydrogen) atoms. The van der Waals surface area contributed by atoms with E-state index in [-0.39, 0.29) is 5.82 Å². The van der Waals surface area contributed by atoms with E-state index >= 15 is 0 Å². The Morgan fingerprint density at radius 2 is 1.95 bits per heavy atom. The van der Waals surface area contributed by atoms with Gasteiger partial charge >= 0.3 is 5.97 Å². The van der Waals surface area contributed by atoms with E-state index in [1.807, 2.05) is 0 Å². The van der Waals surface area contributed by atoms with Crippen molar-refractivity contribution in [3.63, 3.8) is 0 Å². The number of aromatic nitrogens is 1. The van der Waals surface area contributed by atoms with Crippen molar-refractivity contribution in [1.82, 2.24) is 4.98 Å². The van der Waals surface area contributed by atoms with Crippen LogP contribution >= 0.6 is 0 Å². The molecule has 1 rings (SSSR count). The predicted molar refractivity (Wildman–Crippen MR) is 78.8 cm³/mol. The molecule has 0 aliphatic heterocycles. The summed E-state index contributed by atoms with van der Waals surface area (Å²) < 4.78 is 5.16. The van der Waals surface area contributed by atoms with Crippen LogP contribution in [0, 0.1) is 0 Å². The molecule has 0 spiro atoms. The highest BCUT2D eigenvalue weighted by molar-refractivity contribution is 5.87. The maximum absolute atomic E-state index is 11.6. The third-order valence-corrected chi connectivity index (χ3v) is 2.42. The number of esters is 1. The first-order valence-electron chi connectivity index (χ1n) is 6.38. The Balaban J connectivity index is 2.92. The topological polar surface area (TPSA) is 85.4 Å². The zero-order valence-electron chi connectivity index (χ0n) is 12.6. The van der Waals surface area contributed by atoms with Gasteiger partial charge in [-0.25, -0.2) is 9.78 Å². The van der Waals surface area contributed by atoms with Gasteiger partial charge in [-0.1, -0.05) is 0 Å². The van der Waals surface area contributed by atoms with E-state index in [1.54, 1.807) is 46.8 Å². The number of carbonyl (C=O) groups excluding carboxylic acids is 1. The van der Waals surface area contributed by atoms with E-state index in [9.17, 15) is 9.90 Å². The Bertz CT molecular complexity index is 523. The molecule has 0 saturated carbocycles. The second kappa shape index (κ2) is 5.63. The van der Waals surface area contributed by atoms with Crippen molar-refractivity contribution in [3.8, 4) is 0 Å². The van der Waals surface area contributed by atoms with E-state index in [1.165, 1.54) is 12.3 Å². The first-order chi connectivity index (χ1) is 8.99. The third-order valence-electron chi connectivity index (χ3n) is 2.42. The molecular weight excluding hydrogens is 256 g/mol. The van der Waals surface area contributed by atoms with Crippen molar-refractivity contribution in [2.45, 2.75) is 45.8 Å². The average molecular weight is 278 g/mol. The van der Waals surface area contributed by atoms with Crippen LogP contribution in [0.5, 0.6) is 0 Å². The molecule has 0 aliphatic carbocycles. The van der Waals surface area contributed by atoms with Gasteiger partial charge in [0.2, 0.25) is 0 Å². The lowest BCUT2D eigenvalue weighted by atomic mass is 9.97. The minimum Gasteiger partial charge on any atom is -0.457 e. The molecule has 0 radical (unpaired) electrons. The lowest BCUT2D eigenvalue weighted by Gasteiger charge is -2.19. The highest BCUT2D eigenvalue weighted by Crippen LogP contribution is 2.25. The lowest BCUT2D eigenvalue weighted by Crippen LogP contribution is -2.22. The number of nitrogens with two attached hydrogens (primary N) is 1. The fourth-order valence-corrected chi connectivity index (χ4v) is 1.57. The summed E-state index contributed by atoms with van der Waals surface area (Å²) in [6.45, 7) is 8.66. The zero-order chi connectivity index (χ0) is 15.6. The number of aliphatic hydroxyl groups is 1. The van der Waals surface area contributed by atoms with Crippen molar-refractivity contribution in [2.24, 2.45) is 0 Å². The molecule has 3 N–H and O–H groups in total. The van der Waals surface area contributed by atoms with Gasteiger partial charge in [0.15, 0.2) is 0 Å². The van der Waals surface area contributed by atoms with E-state index in [4.69, 9.17) is 10.5 Å². The van der Waals surface area contributed by atoms with Crippen molar-refractivity contribution >= 4 is 17.9 Å². The SMILES string of the molecule is CC(C)(C)OC(=O)C=Cc1cnc(N)c(C(C)(C)O)c1. The molecule has 1 aromatic rings. The standard InChI is InChI=1S/C15H22N2O3/c1-14(2,3)20-12(18)7-6-10-8-11(15(4,5)19)13(16)17-9-10/h6-9,19H,1-5H3,(H2,16,17). The summed E-state index contributed by atoms with van der Waals surface area (Å²) in [6, 6.07) is 1.70. The van der Waals surface area contributed by atoms with Crippen LogP contribution in [-0.4, -0.2) is 21.7 Å². The van der Waals surface area contributed by atoms with Crippen LogP contribution in [-0.2, 0) is 15.1 Å². The van der Waals surface area contributed by atoms with Gasteiger partial charge in [-0.2, -0.15) is 0 Å². The monoisotopic (exact) mass is 278 g/mol. The fraction of sp³-hybridized carbons (Fsp3) is 0.467. The predicted octanol–water partition coefficient (Wildman–Crippen LogP) is 2.25. The summed E-state index contributed by atoms with van der Waals surface area (Å²) in [7, 11) is 0. The molecule has 110 valence electrons. The molecule has 0 amide bonds. The Morgan fingerprint density at radius 1 is 1.35 bits per heavy atom. The van der Waals surface area contributed by atoms with Crippen molar-refractivity contribution < 1.29 is 14.6 Å². The fourth-order valence-electron chi connectivity index (χ4n) is 1.57. The highest BCUT2D eigenvalue weighted by atomic mass is 16.6. The average Bonchev–Trinajstić information content (AvgIpc) is 2.24. The van der Waals surface area contributed by atoms with Crippen molar-refractivity contribution in [3.05, 3.63) is 29.5 Å². The molecule has 5 nitrogen and oxygen atoms in total. The Hall–Kier alpha value is -1.88. The minimum absolute atomic E-state index is 0.270. The molecule has 0 unspecified atom stereocenters. The van der Waals surface area contributed by atoms with Gasteiger partial charge in [0.05, 0.1) is 5.60 Å². The molecule has 1 aromatic heterocycles. The molecule has 0 fully saturated rings. The van der Waals surface area contributed by atoms with E-state index in [0.717, 1.165) is 0 Å². The van der Waals surface area contributed by atoms with Crippen LogP contribution in [0.3, 0.4) is 0 Å². The van der Waals surface area contributed by atoms with Gasteiger partial charge in [0.25, 0.3) is 0 Å². The van der Waals surface area contributed by atoms with Gasteiger partial charge in [-0.3, -0.25) is 0 Å². The number of pyridine rings is 1. The van der Waals surface area contributed by atoms with Crippen LogP contribution in [0.2, 0.25) is 0 Å². The van der Waals surface area contributed by atoms with E-state index in [2.05, 4.69) is 4.98 Å². The number of nitrogens with zero attached hydrogens (tertiary/aromatic N) is 1. The number of carbonyl (C=O) groups is 1. The first kappa shape index (κ1) is 16.2. The highest BCUT2D eigenvalue weighted by Gasteiger charge is 2.20. The lowest BCUT2D eigenvalue weighted by molar-refractivity contribution is -0.148. The molecular formula is C15H22N2O3. The second-order valence-corrected chi connectivity index (χ2v) is 6.13. The maximum atomic E-state index is 11.6. The van der Waals surface area contributed by atoms with Gasteiger partial charge in [0, 0.05) is 17.8 Å². The van der Waals surface area contributed by atoms with Crippen LogP contribution in [0.15, 0.2) is 18.3 Å². The summed E-state index contributed by atoms with van der Waals surface area (Å²) in [5.41, 5.74) is 5.29. The number of hydrogen-bond acceptors (Lipinski definition) is 5. The Morgan fingerprint density at radius 3 is 2.45 bits per heavy atom. The Labute approximate surface area is 119 Å². The summed E-state index contributed by atoms with van der Waals surface area (Å²) in [5.74, 6) is -0.161. The third kappa shape index (κ3) is 5.01. The first-order valence-corrected chi connectivity index (χ1v) is 6.38. The minimum atomic E-state index is -1.09. The second-order valence-electron chi connectivity index (χ2n) is 6.13. The number of rotatable bonds is 3. The summed E-state index contributed by atoms with van der Waals surface area (Å²) >= 11 is 0. The Kier molecular flexibility index (Phi) is 4.55. The van der Waals surface area contributed by atoms with Gasteiger partial charge in [-0.15, -0.1) is 0 Å². The van der Waals surface area contributed by atoms with Crippen molar-refractivity contribution in [1.29, 1.82) is 0 Å². The number of anilines is 1. The van der Waals surface area contributed by atoms with Crippen LogP contribution in [0.4, 0.5) is 5.82 Å². The molecule has 0 atom stereocenters.